The van der Waals surface area contributed by atoms with Crippen molar-refractivity contribution in [1.29, 1.82) is 0 Å². The van der Waals surface area contributed by atoms with Gasteiger partial charge in [0.1, 0.15) is 5.88 Å². The van der Waals surface area contributed by atoms with Crippen LogP contribution in [-0.4, -0.2) is 30.8 Å². The molecule has 0 unspecified atom stereocenters. The van der Waals surface area contributed by atoms with Gasteiger partial charge in [-0.15, -0.1) is 11.6 Å². The van der Waals surface area contributed by atoms with Crippen LogP contribution in [0.25, 0.3) is 0 Å². The number of alkyl halides is 1. The maximum atomic E-state index is 12.6. The Bertz CT molecular complexity index is 653. The van der Waals surface area contributed by atoms with Crippen LogP contribution in [0, 0.1) is 0 Å². The van der Waals surface area contributed by atoms with Crippen LogP contribution in [0.4, 0.5) is 5.69 Å². The largest absolute Gasteiger partial charge is 0.377 e. The Hall–Kier alpha value is -1.59. The van der Waals surface area contributed by atoms with E-state index in [9.17, 15) is 4.79 Å². The minimum atomic E-state index is -0.179. The lowest BCUT2D eigenvalue weighted by Gasteiger charge is -2.27. The molecule has 1 aliphatic carbocycles. The summed E-state index contributed by atoms with van der Waals surface area (Å²) in [5, 5.41) is 4.24. The SMILES string of the molecule is CCOCc1ccc(CC)c(N(CON=C2CCCC2)C(=O)CCl)c1CC. The first-order valence-electron chi connectivity index (χ1n) is 9.91. The van der Waals surface area contributed by atoms with E-state index >= 15 is 0 Å². The standard InChI is InChI=1S/C21H31ClN2O3/c1-4-16-11-12-17(14-26-6-3)19(5-2)21(16)24(20(25)13-22)15-27-23-18-9-7-8-10-18/h11-12H,4-10,13-15H2,1-3H3. The zero-order valence-corrected chi connectivity index (χ0v) is 17.5. The van der Waals surface area contributed by atoms with Crippen LogP contribution in [0.3, 0.4) is 0 Å². The van der Waals surface area contributed by atoms with Gasteiger partial charge in [0.25, 0.3) is 0 Å². The molecule has 1 saturated carbocycles. The highest BCUT2D eigenvalue weighted by molar-refractivity contribution is 6.29. The molecule has 1 fully saturated rings. The van der Waals surface area contributed by atoms with Crippen LogP contribution in [0.5, 0.6) is 0 Å². The van der Waals surface area contributed by atoms with E-state index in [2.05, 4.69) is 31.1 Å². The van der Waals surface area contributed by atoms with Crippen molar-refractivity contribution in [1.82, 2.24) is 0 Å². The molecule has 0 radical (unpaired) electrons. The monoisotopic (exact) mass is 394 g/mol. The Morgan fingerprint density at radius 2 is 1.85 bits per heavy atom. The summed E-state index contributed by atoms with van der Waals surface area (Å²) in [6.07, 6.45) is 5.89. The molecule has 0 atom stereocenters. The van der Waals surface area contributed by atoms with Crippen molar-refractivity contribution < 1.29 is 14.4 Å². The number of carbonyl (C=O) groups excluding carboxylic acids is 1. The van der Waals surface area contributed by atoms with E-state index in [0.717, 1.165) is 66.6 Å². The highest BCUT2D eigenvalue weighted by Crippen LogP contribution is 2.31. The fourth-order valence-corrected chi connectivity index (χ4v) is 3.62. The van der Waals surface area contributed by atoms with Gasteiger partial charge in [0.15, 0.2) is 6.73 Å². The first-order chi connectivity index (χ1) is 13.2. The van der Waals surface area contributed by atoms with Crippen molar-refractivity contribution in [2.24, 2.45) is 5.16 Å². The number of nitrogens with zero attached hydrogens (tertiary/aromatic N) is 2. The molecular formula is C21H31ClN2O3. The quantitative estimate of drug-likeness (QED) is 0.324. The maximum absolute atomic E-state index is 12.6. The van der Waals surface area contributed by atoms with Gasteiger partial charge in [-0.05, 0) is 62.1 Å². The molecule has 0 saturated heterocycles. The summed E-state index contributed by atoms with van der Waals surface area (Å²) in [4.78, 5) is 19.9. The predicted octanol–water partition coefficient (Wildman–Crippen LogP) is 4.82. The summed E-state index contributed by atoms with van der Waals surface area (Å²) < 4.78 is 5.62. The van der Waals surface area contributed by atoms with Gasteiger partial charge in [-0.25, -0.2) is 0 Å². The van der Waals surface area contributed by atoms with Crippen LogP contribution in [-0.2, 0) is 33.8 Å². The first kappa shape index (κ1) is 21.7. The molecule has 0 spiro atoms. The lowest BCUT2D eigenvalue weighted by atomic mass is 9.96. The van der Waals surface area contributed by atoms with E-state index in [0.29, 0.717) is 13.2 Å². The molecule has 1 amide bonds. The molecule has 0 heterocycles. The highest BCUT2D eigenvalue weighted by Gasteiger charge is 2.23. The molecule has 150 valence electrons. The van der Waals surface area contributed by atoms with Crippen molar-refractivity contribution in [3.8, 4) is 0 Å². The molecule has 1 aromatic carbocycles. The minimum absolute atomic E-state index is 0.0765. The third kappa shape index (κ3) is 5.69. The van der Waals surface area contributed by atoms with Gasteiger partial charge in [0.05, 0.1) is 18.0 Å². The summed E-state index contributed by atoms with van der Waals surface area (Å²) >= 11 is 5.91. The number of aryl methyl sites for hydroxylation is 1. The molecule has 6 heteroatoms. The first-order valence-corrected chi connectivity index (χ1v) is 10.4. The molecule has 27 heavy (non-hydrogen) atoms. The second-order valence-electron chi connectivity index (χ2n) is 6.63. The Morgan fingerprint density at radius 1 is 1.15 bits per heavy atom. The maximum Gasteiger partial charge on any atom is 0.244 e. The van der Waals surface area contributed by atoms with Gasteiger partial charge in [-0.2, -0.15) is 0 Å². The minimum Gasteiger partial charge on any atom is -0.377 e. The number of carbonyl (C=O) groups is 1. The number of rotatable bonds is 10. The van der Waals surface area contributed by atoms with Gasteiger partial charge in [-0.1, -0.05) is 31.1 Å². The fraction of sp³-hybridized carbons (Fsp3) is 0.619. The van der Waals surface area contributed by atoms with E-state index < -0.39 is 0 Å². The number of hydrogen-bond donors (Lipinski definition) is 0. The second kappa shape index (κ2) is 11.3. The van der Waals surface area contributed by atoms with Crippen molar-refractivity contribution in [2.75, 3.05) is 24.1 Å². The molecule has 1 aliphatic rings. The molecule has 1 aromatic rings. The normalized spacial score (nSPS) is 13.7. The summed E-state index contributed by atoms with van der Waals surface area (Å²) in [6, 6.07) is 4.17. The summed E-state index contributed by atoms with van der Waals surface area (Å²) in [5.74, 6) is -0.275. The Morgan fingerprint density at radius 3 is 2.44 bits per heavy atom. The fourth-order valence-electron chi connectivity index (χ4n) is 3.48. The summed E-state index contributed by atoms with van der Waals surface area (Å²) in [7, 11) is 0. The number of ether oxygens (including phenoxy) is 1. The molecule has 2 rings (SSSR count). The number of benzene rings is 1. The Balaban J connectivity index is 2.36. The average Bonchev–Trinajstić information content (AvgIpc) is 3.22. The van der Waals surface area contributed by atoms with E-state index in [4.69, 9.17) is 21.2 Å². The highest BCUT2D eigenvalue weighted by atomic mass is 35.5. The molecule has 0 N–H and O–H groups in total. The second-order valence-corrected chi connectivity index (χ2v) is 6.90. The Labute approximate surface area is 167 Å². The van der Waals surface area contributed by atoms with Crippen molar-refractivity contribution >= 4 is 28.9 Å². The van der Waals surface area contributed by atoms with E-state index in [-0.39, 0.29) is 18.5 Å². The number of amides is 1. The number of oxime groups is 1. The third-order valence-corrected chi connectivity index (χ3v) is 5.13. The molecule has 0 aliphatic heterocycles. The van der Waals surface area contributed by atoms with Crippen LogP contribution >= 0.6 is 11.6 Å². The van der Waals surface area contributed by atoms with Crippen LogP contribution < -0.4 is 4.90 Å². The van der Waals surface area contributed by atoms with Gasteiger partial charge in [-0.3, -0.25) is 9.69 Å². The zero-order chi connectivity index (χ0) is 19.6. The number of anilines is 1. The summed E-state index contributed by atoms with van der Waals surface area (Å²) in [6.45, 7) is 7.42. The van der Waals surface area contributed by atoms with E-state index in [1.54, 1.807) is 4.90 Å². The van der Waals surface area contributed by atoms with E-state index in [1.165, 1.54) is 0 Å². The van der Waals surface area contributed by atoms with Crippen molar-refractivity contribution in [3.05, 3.63) is 28.8 Å². The van der Waals surface area contributed by atoms with Crippen molar-refractivity contribution in [2.45, 2.75) is 65.9 Å². The van der Waals surface area contributed by atoms with Crippen LogP contribution in [0.15, 0.2) is 17.3 Å². The Kier molecular flexibility index (Phi) is 9.08. The lowest BCUT2D eigenvalue weighted by Crippen LogP contribution is -2.35. The van der Waals surface area contributed by atoms with Gasteiger partial charge in [0.2, 0.25) is 5.91 Å². The predicted molar refractivity (Wildman–Crippen MR) is 111 cm³/mol. The third-order valence-electron chi connectivity index (χ3n) is 4.91. The smallest absolute Gasteiger partial charge is 0.244 e. The topological polar surface area (TPSA) is 51.1 Å². The van der Waals surface area contributed by atoms with E-state index in [1.807, 2.05) is 6.92 Å². The number of hydrogen-bond acceptors (Lipinski definition) is 4. The molecule has 5 nitrogen and oxygen atoms in total. The average molecular weight is 395 g/mol. The molecular weight excluding hydrogens is 364 g/mol. The zero-order valence-electron chi connectivity index (χ0n) is 16.7. The molecule has 0 bridgehead atoms. The van der Waals surface area contributed by atoms with Crippen LogP contribution in [0.2, 0.25) is 0 Å². The summed E-state index contributed by atoms with van der Waals surface area (Å²) in [5.41, 5.74) is 5.28. The lowest BCUT2D eigenvalue weighted by molar-refractivity contribution is -0.117. The van der Waals surface area contributed by atoms with Gasteiger partial charge < -0.3 is 9.57 Å². The number of halogens is 1. The van der Waals surface area contributed by atoms with Crippen molar-refractivity contribution in [3.63, 3.8) is 0 Å². The van der Waals surface area contributed by atoms with Crippen LogP contribution in [0.1, 0.15) is 63.1 Å². The van der Waals surface area contributed by atoms with Gasteiger partial charge >= 0.3 is 0 Å². The molecule has 0 aromatic heterocycles. The van der Waals surface area contributed by atoms with Gasteiger partial charge in [0, 0.05) is 6.61 Å².